The van der Waals surface area contributed by atoms with Crippen LogP contribution in [-0.4, -0.2) is 30.6 Å². The number of nitrogens with zero attached hydrogens (tertiary/aromatic N) is 1. The lowest BCUT2D eigenvalue weighted by Crippen LogP contribution is -2.42. The highest BCUT2D eigenvalue weighted by molar-refractivity contribution is 9.10. The van der Waals surface area contributed by atoms with Gasteiger partial charge in [0, 0.05) is 17.7 Å². The Bertz CT molecular complexity index is 789. The van der Waals surface area contributed by atoms with Gasteiger partial charge >= 0.3 is 0 Å². The van der Waals surface area contributed by atoms with Gasteiger partial charge in [-0.15, -0.1) is 0 Å². The zero-order valence-electron chi connectivity index (χ0n) is 13.1. The maximum absolute atomic E-state index is 12.4. The van der Waals surface area contributed by atoms with Gasteiger partial charge in [-0.1, -0.05) is 0 Å². The Morgan fingerprint density at radius 2 is 1.71 bits per heavy atom. The highest BCUT2D eigenvalue weighted by Crippen LogP contribution is 2.33. The molecule has 0 aliphatic rings. The number of nitrogens with one attached hydrogen (secondary N) is 2. The van der Waals surface area contributed by atoms with Crippen LogP contribution in [0.15, 0.2) is 33.3 Å². The molecule has 0 atom stereocenters. The molecule has 2 amide bonds. The topological polar surface area (TPSA) is 81.6 Å². The minimum Gasteiger partial charge on any atom is -0.497 e. The number of benzene rings is 1. The minimum atomic E-state index is -0.534. The molecular weight excluding hydrogens is 446 g/mol. The summed E-state index contributed by atoms with van der Waals surface area (Å²) in [5, 5.41) is 0. The second-order valence-corrected chi connectivity index (χ2v) is 6.52. The average molecular weight is 461 g/mol. The number of methoxy groups -OCH3 is 2. The predicted molar refractivity (Wildman–Crippen MR) is 95.3 cm³/mol. The van der Waals surface area contributed by atoms with Crippen LogP contribution in [0.4, 0.5) is 0 Å². The smallest absolute Gasteiger partial charge is 0.286 e. The molecular formula is C15H15Br2N3O4. The summed E-state index contributed by atoms with van der Waals surface area (Å²) < 4.78 is 13.3. The number of hydrazine groups is 1. The lowest BCUT2D eigenvalue weighted by Gasteiger charge is -2.13. The lowest BCUT2D eigenvalue weighted by molar-refractivity contribution is 0.0840. The molecule has 2 rings (SSSR count). The largest absolute Gasteiger partial charge is 0.497 e. The first-order chi connectivity index (χ1) is 11.4. The summed E-state index contributed by atoms with van der Waals surface area (Å²) in [6, 6.07) is 4.84. The van der Waals surface area contributed by atoms with Crippen LogP contribution >= 0.6 is 31.9 Å². The SMILES string of the molecule is COc1cc(Br)c(OC)c(C(=O)NNC(=O)c2cc(Br)cn2C)c1. The van der Waals surface area contributed by atoms with Crippen LogP contribution in [0.3, 0.4) is 0 Å². The van der Waals surface area contributed by atoms with Crippen molar-refractivity contribution in [1.82, 2.24) is 15.4 Å². The second kappa shape index (κ2) is 7.71. The summed E-state index contributed by atoms with van der Waals surface area (Å²) in [5.74, 6) is -0.166. The van der Waals surface area contributed by atoms with E-state index < -0.39 is 11.8 Å². The molecule has 9 heteroatoms. The molecule has 0 saturated carbocycles. The van der Waals surface area contributed by atoms with E-state index >= 15 is 0 Å². The number of aryl methyl sites for hydroxylation is 1. The Morgan fingerprint density at radius 3 is 2.25 bits per heavy atom. The van der Waals surface area contributed by atoms with Gasteiger partial charge in [-0.25, -0.2) is 0 Å². The number of aromatic nitrogens is 1. The molecule has 0 bridgehead atoms. The van der Waals surface area contributed by atoms with E-state index in [1.807, 2.05) is 0 Å². The van der Waals surface area contributed by atoms with Crippen LogP contribution in [0.2, 0.25) is 0 Å². The number of hydrogen-bond donors (Lipinski definition) is 2. The summed E-state index contributed by atoms with van der Waals surface area (Å²) in [6.45, 7) is 0. The molecule has 0 aliphatic heterocycles. The second-order valence-electron chi connectivity index (χ2n) is 4.75. The minimum absolute atomic E-state index is 0.220. The first-order valence-corrected chi connectivity index (χ1v) is 8.30. The quantitative estimate of drug-likeness (QED) is 0.687. The van der Waals surface area contributed by atoms with E-state index in [-0.39, 0.29) is 5.56 Å². The van der Waals surface area contributed by atoms with Gasteiger partial charge in [0.1, 0.15) is 17.2 Å². The van der Waals surface area contributed by atoms with Gasteiger partial charge in [-0.3, -0.25) is 20.4 Å². The number of carbonyl (C=O) groups is 2. The van der Waals surface area contributed by atoms with E-state index in [4.69, 9.17) is 9.47 Å². The maximum Gasteiger partial charge on any atom is 0.286 e. The summed E-state index contributed by atoms with van der Waals surface area (Å²) in [5.41, 5.74) is 5.34. The first-order valence-electron chi connectivity index (χ1n) is 6.71. The molecule has 1 heterocycles. The van der Waals surface area contributed by atoms with Gasteiger partial charge in [0.25, 0.3) is 11.8 Å². The molecule has 24 heavy (non-hydrogen) atoms. The number of ether oxygens (including phenoxy) is 2. The summed E-state index contributed by atoms with van der Waals surface area (Å²) in [7, 11) is 4.66. The third-order valence-corrected chi connectivity index (χ3v) is 4.22. The molecule has 128 valence electrons. The van der Waals surface area contributed by atoms with Crippen molar-refractivity contribution < 1.29 is 19.1 Å². The van der Waals surface area contributed by atoms with Crippen LogP contribution in [0, 0.1) is 0 Å². The molecule has 1 aromatic carbocycles. The molecule has 2 N–H and O–H groups in total. The van der Waals surface area contributed by atoms with Gasteiger partial charge in [0.2, 0.25) is 0 Å². The number of carbonyl (C=O) groups excluding carboxylic acids is 2. The molecule has 0 aliphatic carbocycles. The Morgan fingerprint density at radius 1 is 1.04 bits per heavy atom. The van der Waals surface area contributed by atoms with Crippen LogP contribution in [0.25, 0.3) is 0 Å². The van der Waals surface area contributed by atoms with Crippen molar-refractivity contribution in [2.24, 2.45) is 7.05 Å². The maximum atomic E-state index is 12.4. The van der Waals surface area contributed by atoms with Gasteiger partial charge in [0.05, 0.1) is 24.3 Å². The van der Waals surface area contributed by atoms with E-state index in [1.165, 1.54) is 20.3 Å². The molecule has 1 aromatic heterocycles. The third kappa shape index (κ3) is 3.90. The van der Waals surface area contributed by atoms with Crippen LogP contribution in [0.5, 0.6) is 11.5 Å². The molecule has 0 spiro atoms. The van der Waals surface area contributed by atoms with Crippen molar-refractivity contribution in [3.05, 3.63) is 44.6 Å². The highest BCUT2D eigenvalue weighted by Gasteiger charge is 2.19. The monoisotopic (exact) mass is 459 g/mol. The number of amides is 2. The number of rotatable bonds is 4. The zero-order chi connectivity index (χ0) is 17.9. The van der Waals surface area contributed by atoms with Crippen molar-refractivity contribution in [2.75, 3.05) is 14.2 Å². The lowest BCUT2D eigenvalue weighted by atomic mass is 10.2. The van der Waals surface area contributed by atoms with Crippen molar-refractivity contribution in [3.8, 4) is 11.5 Å². The Balaban J connectivity index is 2.17. The van der Waals surface area contributed by atoms with Crippen LogP contribution < -0.4 is 20.3 Å². The summed E-state index contributed by atoms with van der Waals surface area (Å²) in [6.07, 6.45) is 1.74. The third-order valence-electron chi connectivity index (χ3n) is 3.20. The van der Waals surface area contributed by atoms with Crippen LogP contribution in [0.1, 0.15) is 20.8 Å². The molecule has 0 unspecified atom stereocenters. The molecule has 0 radical (unpaired) electrons. The van der Waals surface area contributed by atoms with E-state index in [0.29, 0.717) is 21.7 Å². The number of halogens is 2. The van der Waals surface area contributed by atoms with Gasteiger partial charge < -0.3 is 14.0 Å². The zero-order valence-corrected chi connectivity index (χ0v) is 16.3. The predicted octanol–water partition coefficient (Wildman–Crippen LogP) is 2.64. The van der Waals surface area contributed by atoms with E-state index in [2.05, 4.69) is 42.7 Å². The average Bonchev–Trinajstić information content (AvgIpc) is 2.89. The van der Waals surface area contributed by atoms with E-state index in [9.17, 15) is 9.59 Å². The summed E-state index contributed by atoms with van der Waals surface area (Å²) >= 11 is 6.60. The van der Waals surface area contributed by atoms with Gasteiger partial charge in [-0.2, -0.15) is 0 Å². The fourth-order valence-corrected chi connectivity index (χ4v) is 3.18. The molecule has 2 aromatic rings. The van der Waals surface area contributed by atoms with Crippen LogP contribution in [-0.2, 0) is 7.05 Å². The fraction of sp³-hybridized carbons (Fsp3) is 0.200. The van der Waals surface area contributed by atoms with Gasteiger partial charge in [0.15, 0.2) is 0 Å². The normalized spacial score (nSPS) is 10.2. The van der Waals surface area contributed by atoms with Crippen molar-refractivity contribution in [3.63, 3.8) is 0 Å². The summed E-state index contributed by atoms with van der Waals surface area (Å²) in [4.78, 5) is 24.5. The highest BCUT2D eigenvalue weighted by atomic mass is 79.9. The Kier molecular flexibility index (Phi) is 5.89. The Hall–Kier alpha value is -2.00. The number of hydrogen-bond acceptors (Lipinski definition) is 4. The van der Waals surface area contributed by atoms with Crippen molar-refractivity contribution in [2.45, 2.75) is 0 Å². The van der Waals surface area contributed by atoms with E-state index in [0.717, 1.165) is 4.47 Å². The molecule has 0 fully saturated rings. The Labute approximate surface area is 155 Å². The fourth-order valence-electron chi connectivity index (χ4n) is 2.06. The van der Waals surface area contributed by atoms with Gasteiger partial charge in [-0.05, 0) is 50.1 Å². The molecule has 7 nitrogen and oxygen atoms in total. The first kappa shape index (κ1) is 18.3. The van der Waals surface area contributed by atoms with Crippen molar-refractivity contribution >= 4 is 43.7 Å². The molecule has 0 saturated heterocycles. The standard InChI is InChI=1S/C15H15Br2N3O4/c1-20-7-8(16)4-12(20)15(22)19-18-14(21)10-5-9(23-2)6-11(17)13(10)24-3/h4-7H,1-3H3,(H,18,21)(H,19,22). The van der Waals surface area contributed by atoms with Crippen molar-refractivity contribution in [1.29, 1.82) is 0 Å². The van der Waals surface area contributed by atoms with E-state index in [1.54, 1.807) is 29.9 Å².